The molecule has 0 bridgehead atoms. The lowest BCUT2D eigenvalue weighted by Crippen LogP contribution is -2.41. The van der Waals surface area contributed by atoms with Gasteiger partial charge in [-0.1, -0.05) is 30.2 Å². The number of hydrogen-bond acceptors (Lipinski definition) is 6. The Hall–Kier alpha value is -4.16. The molecule has 0 atom stereocenters. The number of morpholine rings is 1. The van der Waals surface area contributed by atoms with E-state index in [2.05, 4.69) is 21.8 Å². The summed E-state index contributed by atoms with van der Waals surface area (Å²) in [5.74, 6) is 0.665. The Morgan fingerprint density at radius 3 is 2.59 bits per heavy atom. The van der Waals surface area contributed by atoms with E-state index in [-0.39, 0.29) is 18.2 Å². The lowest BCUT2D eigenvalue weighted by molar-refractivity contribution is -0.136. The highest BCUT2D eigenvalue weighted by molar-refractivity contribution is 6.40. The van der Waals surface area contributed by atoms with Crippen LogP contribution >= 0.6 is 0 Å². The Labute approximate surface area is 185 Å². The molecule has 9 nitrogen and oxygen atoms in total. The van der Waals surface area contributed by atoms with Gasteiger partial charge in [0.1, 0.15) is 12.4 Å². The molecule has 1 aliphatic heterocycles. The maximum absolute atomic E-state index is 12.8. The number of rotatable bonds is 6. The first-order chi connectivity index (χ1) is 15.6. The number of anilines is 1. The largest absolute Gasteiger partial charge is 0.480 e. The third-order valence-corrected chi connectivity index (χ3v) is 4.51. The predicted molar refractivity (Wildman–Crippen MR) is 118 cm³/mol. The number of nitrogens with zero attached hydrogens (tertiary/aromatic N) is 2. The van der Waals surface area contributed by atoms with Crippen molar-refractivity contribution in [3.05, 3.63) is 59.7 Å². The fraction of sp³-hybridized carbons (Fsp3) is 0.217. The average Bonchev–Trinajstić information content (AvgIpc) is 2.83. The van der Waals surface area contributed by atoms with Crippen LogP contribution in [0.5, 0.6) is 5.75 Å². The van der Waals surface area contributed by atoms with Crippen LogP contribution in [-0.4, -0.2) is 61.7 Å². The number of hydrogen-bond donors (Lipinski definition) is 2. The van der Waals surface area contributed by atoms with Crippen LogP contribution in [0.1, 0.15) is 15.9 Å². The molecule has 0 aliphatic carbocycles. The molecular formula is C23H22N4O5. The van der Waals surface area contributed by atoms with Gasteiger partial charge >= 0.3 is 11.8 Å². The molecule has 2 aromatic rings. The monoisotopic (exact) mass is 434 g/mol. The highest BCUT2D eigenvalue weighted by Gasteiger charge is 2.22. The molecule has 0 saturated carbocycles. The third-order valence-electron chi connectivity index (χ3n) is 4.51. The molecule has 3 rings (SSSR count). The smallest absolute Gasteiger partial charge is 0.329 e. The molecule has 1 saturated heterocycles. The molecular weight excluding hydrogens is 412 g/mol. The number of ether oxygens (including phenoxy) is 2. The van der Waals surface area contributed by atoms with Gasteiger partial charge in [-0.3, -0.25) is 14.4 Å². The predicted octanol–water partition coefficient (Wildman–Crippen LogP) is 1.26. The fourth-order valence-corrected chi connectivity index (χ4v) is 2.94. The van der Waals surface area contributed by atoms with Crippen LogP contribution in [0.4, 0.5) is 5.69 Å². The fourth-order valence-electron chi connectivity index (χ4n) is 2.94. The first-order valence-corrected chi connectivity index (χ1v) is 9.86. The highest BCUT2D eigenvalue weighted by Crippen LogP contribution is 2.18. The normalized spacial score (nSPS) is 13.3. The quantitative estimate of drug-likeness (QED) is 0.308. The number of carbonyl (C=O) groups excluding carboxylic acids is 3. The van der Waals surface area contributed by atoms with Crippen molar-refractivity contribution >= 4 is 29.6 Å². The average molecular weight is 434 g/mol. The van der Waals surface area contributed by atoms with Gasteiger partial charge in [0.05, 0.1) is 30.7 Å². The molecule has 1 heterocycles. The molecule has 9 heteroatoms. The molecule has 0 spiro atoms. The van der Waals surface area contributed by atoms with Crippen molar-refractivity contribution < 1.29 is 23.9 Å². The minimum absolute atomic E-state index is 0.0855. The second kappa shape index (κ2) is 11.3. The molecule has 164 valence electrons. The van der Waals surface area contributed by atoms with Crippen LogP contribution in [0.2, 0.25) is 0 Å². The van der Waals surface area contributed by atoms with E-state index in [4.69, 9.17) is 15.9 Å². The Morgan fingerprint density at radius 1 is 1.09 bits per heavy atom. The van der Waals surface area contributed by atoms with Crippen LogP contribution in [0.15, 0.2) is 53.6 Å². The SMILES string of the molecule is C#CCOc1ccccc1/C=N/NC(=O)C(=O)Nc1ccccc1C(=O)N1CCOCC1. The number of carbonyl (C=O) groups is 3. The summed E-state index contributed by atoms with van der Waals surface area (Å²) in [7, 11) is 0. The first kappa shape index (κ1) is 22.5. The lowest BCUT2D eigenvalue weighted by Gasteiger charge is -2.27. The van der Waals surface area contributed by atoms with Gasteiger partial charge in [0.25, 0.3) is 5.91 Å². The first-order valence-electron chi connectivity index (χ1n) is 9.86. The second-order valence-corrected chi connectivity index (χ2v) is 6.63. The van der Waals surface area contributed by atoms with Crippen LogP contribution in [0, 0.1) is 12.3 Å². The molecule has 0 unspecified atom stereocenters. The van der Waals surface area contributed by atoms with Crippen molar-refractivity contribution in [3.8, 4) is 18.1 Å². The van der Waals surface area contributed by atoms with Crippen molar-refractivity contribution in [2.45, 2.75) is 0 Å². The van der Waals surface area contributed by atoms with Crippen molar-refractivity contribution in [1.82, 2.24) is 10.3 Å². The standard InChI is InChI=1S/C23H22N4O5/c1-2-13-32-20-10-6-3-7-17(20)16-24-26-22(29)21(28)25-19-9-5-4-8-18(19)23(30)27-11-14-31-15-12-27/h1,3-10,16H,11-15H2,(H,25,28)(H,26,29)/b24-16+. The zero-order valence-corrected chi connectivity index (χ0v) is 17.2. The maximum Gasteiger partial charge on any atom is 0.329 e. The zero-order chi connectivity index (χ0) is 22.8. The number of nitrogens with one attached hydrogen (secondary N) is 2. The highest BCUT2D eigenvalue weighted by atomic mass is 16.5. The van der Waals surface area contributed by atoms with E-state index in [1.807, 2.05) is 0 Å². The lowest BCUT2D eigenvalue weighted by atomic mass is 10.1. The summed E-state index contributed by atoms with van der Waals surface area (Å²) in [6.07, 6.45) is 6.54. The van der Waals surface area contributed by atoms with Gasteiger partial charge in [0.2, 0.25) is 0 Å². The van der Waals surface area contributed by atoms with Gasteiger partial charge in [-0.25, -0.2) is 5.43 Å². The van der Waals surface area contributed by atoms with Crippen LogP contribution in [0.25, 0.3) is 0 Å². The Kier molecular flexibility index (Phi) is 7.95. The van der Waals surface area contributed by atoms with E-state index >= 15 is 0 Å². The summed E-state index contributed by atoms with van der Waals surface area (Å²) >= 11 is 0. The van der Waals surface area contributed by atoms with Gasteiger partial charge in [0, 0.05) is 18.7 Å². The molecule has 3 amide bonds. The molecule has 32 heavy (non-hydrogen) atoms. The van der Waals surface area contributed by atoms with E-state index < -0.39 is 11.8 Å². The van der Waals surface area contributed by atoms with E-state index in [0.29, 0.717) is 43.2 Å². The molecule has 0 radical (unpaired) electrons. The minimum atomic E-state index is -0.989. The third kappa shape index (κ3) is 5.93. The second-order valence-electron chi connectivity index (χ2n) is 6.63. The molecule has 1 fully saturated rings. The summed E-state index contributed by atoms with van der Waals surface area (Å²) in [6.45, 7) is 1.92. The number of benzene rings is 2. The van der Waals surface area contributed by atoms with E-state index in [1.54, 1.807) is 53.4 Å². The van der Waals surface area contributed by atoms with Gasteiger partial charge in [-0.15, -0.1) is 6.42 Å². The zero-order valence-electron chi connectivity index (χ0n) is 17.2. The van der Waals surface area contributed by atoms with E-state index in [9.17, 15) is 14.4 Å². The van der Waals surface area contributed by atoms with Gasteiger partial charge in [-0.2, -0.15) is 5.10 Å². The van der Waals surface area contributed by atoms with Crippen molar-refractivity contribution in [2.24, 2.45) is 5.10 Å². The van der Waals surface area contributed by atoms with Gasteiger partial charge < -0.3 is 19.7 Å². The summed E-state index contributed by atoms with van der Waals surface area (Å²) < 4.78 is 10.7. The molecule has 1 aliphatic rings. The van der Waals surface area contributed by atoms with E-state index in [0.717, 1.165) is 0 Å². The Morgan fingerprint density at radius 2 is 1.81 bits per heavy atom. The number of terminal acetylenes is 1. The summed E-state index contributed by atoms with van der Waals surface area (Å²) in [6, 6.07) is 13.5. The summed E-state index contributed by atoms with van der Waals surface area (Å²) in [5, 5.41) is 6.27. The Balaban J connectivity index is 1.62. The van der Waals surface area contributed by atoms with Gasteiger partial charge in [-0.05, 0) is 24.3 Å². The van der Waals surface area contributed by atoms with Crippen molar-refractivity contribution in [2.75, 3.05) is 38.2 Å². The number of hydrazone groups is 1. The number of para-hydroxylation sites is 2. The Bertz CT molecular complexity index is 1050. The van der Waals surface area contributed by atoms with Crippen molar-refractivity contribution in [3.63, 3.8) is 0 Å². The maximum atomic E-state index is 12.8. The van der Waals surface area contributed by atoms with Crippen molar-refractivity contribution in [1.29, 1.82) is 0 Å². The summed E-state index contributed by atoms with van der Waals surface area (Å²) in [4.78, 5) is 38.9. The number of amides is 3. The van der Waals surface area contributed by atoms with Crippen LogP contribution in [-0.2, 0) is 14.3 Å². The topological polar surface area (TPSA) is 109 Å². The minimum Gasteiger partial charge on any atom is -0.480 e. The van der Waals surface area contributed by atoms with E-state index in [1.165, 1.54) is 6.21 Å². The van der Waals surface area contributed by atoms with Gasteiger partial charge in [0.15, 0.2) is 0 Å². The molecule has 2 N–H and O–H groups in total. The molecule has 2 aromatic carbocycles. The van der Waals surface area contributed by atoms with Crippen LogP contribution < -0.4 is 15.5 Å². The summed E-state index contributed by atoms with van der Waals surface area (Å²) in [5.41, 5.74) is 3.26. The van der Waals surface area contributed by atoms with Crippen LogP contribution in [0.3, 0.4) is 0 Å². The molecule has 0 aromatic heterocycles.